The predicted molar refractivity (Wildman–Crippen MR) is 67.8 cm³/mol. The number of fused-ring (bicyclic) bond motifs is 2. The lowest BCUT2D eigenvalue weighted by atomic mass is 9.77. The van der Waals surface area contributed by atoms with E-state index in [0.29, 0.717) is 11.3 Å². The van der Waals surface area contributed by atoms with Gasteiger partial charge in [-0.1, -0.05) is 13.8 Å². The molecule has 2 aliphatic carbocycles. The number of carbonyl (C=O) groups is 1. The molecule has 7 atom stereocenters. The molecule has 0 aromatic carbocycles. The van der Waals surface area contributed by atoms with Crippen molar-refractivity contribution in [3.63, 3.8) is 0 Å². The van der Waals surface area contributed by atoms with Gasteiger partial charge in [0.05, 0.1) is 12.0 Å². The fourth-order valence-corrected chi connectivity index (χ4v) is 4.57. The van der Waals surface area contributed by atoms with Gasteiger partial charge in [-0.05, 0) is 49.9 Å². The Balaban J connectivity index is 1.65. The number of hydrogen-bond donors (Lipinski definition) is 1. The van der Waals surface area contributed by atoms with Crippen molar-refractivity contribution >= 4 is 5.97 Å². The van der Waals surface area contributed by atoms with Crippen LogP contribution < -0.4 is 0 Å². The number of aliphatic hydroxyl groups excluding tert-OH is 1. The lowest BCUT2D eigenvalue weighted by Crippen LogP contribution is -2.28. The lowest BCUT2D eigenvalue weighted by molar-refractivity contribution is -0.144. The van der Waals surface area contributed by atoms with Gasteiger partial charge in [0.2, 0.25) is 0 Å². The van der Waals surface area contributed by atoms with Gasteiger partial charge in [-0.25, -0.2) is 0 Å². The third-order valence-corrected chi connectivity index (χ3v) is 5.89. The molecule has 3 rings (SSSR count). The summed E-state index contributed by atoms with van der Waals surface area (Å²) in [5.74, 6) is 2.05. The Labute approximate surface area is 109 Å². The van der Waals surface area contributed by atoms with Crippen molar-refractivity contribution in [1.82, 2.24) is 0 Å². The monoisotopic (exact) mass is 252 g/mol. The summed E-state index contributed by atoms with van der Waals surface area (Å²) in [6, 6.07) is 0. The average molecular weight is 252 g/mol. The zero-order valence-electron chi connectivity index (χ0n) is 11.6. The zero-order chi connectivity index (χ0) is 13.1. The van der Waals surface area contributed by atoms with Crippen molar-refractivity contribution < 1.29 is 14.6 Å². The Morgan fingerprint density at radius 2 is 2.28 bits per heavy atom. The molecule has 0 aromatic rings. The second kappa shape index (κ2) is 3.96. The molecule has 0 amide bonds. The van der Waals surface area contributed by atoms with Crippen LogP contribution in [-0.4, -0.2) is 23.3 Å². The van der Waals surface area contributed by atoms with Crippen LogP contribution in [0.1, 0.15) is 46.5 Å². The molecule has 1 saturated heterocycles. The maximum absolute atomic E-state index is 11.6. The van der Waals surface area contributed by atoms with Gasteiger partial charge in [0.1, 0.15) is 6.10 Å². The topological polar surface area (TPSA) is 46.5 Å². The number of ether oxygens (including phenoxy) is 1. The standard InChI is InChI=1S/C15H24O3/c1-8(16)4-5-11-12-6-10-9(2)14(17)18-13(10)7-15(11,12)3/h8-13,16H,4-7H2,1-3H3/t8-,9-,10+,11-,12-,13+,15+/m0/s1. The third kappa shape index (κ3) is 1.70. The van der Waals surface area contributed by atoms with Crippen LogP contribution in [0.3, 0.4) is 0 Å². The van der Waals surface area contributed by atoms with E-state index in [1.54, 1.807) is 0 Å². The first kappa shape index (κ1) is 12.5. The lowest BCUT2D eigenvalue weighted by Gasteiger charge is -2.28. The minimum Gasteiger partial charge on any atom is -0.462 e. The molecule has 0 spiro atoms. The van der Waals surface area contributed by atoms with E-state index < -0.39 is 0 Å². The summed E-state index contributed by atoms with van der Waals surface area (Å²) in [5.41, 5.74) is 0.375. The molecule has 0 aromatic heterocycles. The van der Waals surface area contributed by atoms with E-state index in [9.17, 15) is 9.90 Å². The highest BCUT2D eigenvalue weighted by Crippen LogP contribution is 2.70. The Morgan fingerprint density at radius 3 is 2.94 bits per heavy atom. The highest BCUT2D eigenvalue weighted by Gasteiger charge is 2.66. The maximum atomic E-state index is 11.6. The quantitative estimate of drug-likeness (QED) is 0.784. The van der Waals surface area contributed by atoms with Crippen LogP contribution in [0, 0.1) is 29.1 Å². The summed E-state index contributed by atoms with van der Waals surface area (Å²) in [6.07, 6.45) is 4.21. The molecule has 1 aliphatic heterocycles. The second-order valence-electron chi connectivity index (χ2n) is 7.01. The largest absolute Gasteiger partial charge is 0.462 e. The van der Waals surface area contributed by atoms with E-state index in [2.05, 4.69) is 6.92 Å². The molecule has 0 radical (unpaired) electrons. The van der Waals surface area contributed by atoms with Crippen LogP contribution in [-0.2, 0) is 9.53 Å². The molecule has 3 heteroatoms. The normalized spacial score (nSPS) is 51.3. The Hall–Kier alpha value is -0.570. The molecule has 102 valence electrons. The van der Waals surface area contributed by atoms with Crippen LogP contribution >= 0.6 is 0 Å². The molecule has 2 saturated carbocycles. The van der Waals surface area contributed by atoms with Crippen LogP contribution in [0.4, 0.5) is 0 Å². The van der Waals surface area contributed by atoms with Gasteiger partial charge in [-0.15, -0.1) is 0 Å². The van der Waals surface area contributed by atoms with Gasteiger partial charge in [0.25, 0.3) is 0 Å². The van der Waals surface area contributed by atoms with Crippen molar-refractivity contribution in [3.8, 4) is 0 Å². The van der Waals surface area contributed by atoms with Crippen LogP contribution in [0.2, 0.25) is 0 Å². The molecular formula is C15H24O3. The van der Waals surface area contributed by atoms with Crippen LogP contribution in [0.5, 0.6) is 0 Å². The summed E-state index contributed by atoms with van der Waals surface area (Å²) in [6.45, 7) is 6.23. The van der Waals surface area contributed by atoms with Crippen molar-refractivity contribution in [2.75, 3.05) is 0 Å². The number of carbonyl (C=O) groups excluding carboxylic acids is 1. The SMILES string of the molecule is C[C@H](O)CC[C@H]1[C@@H]2C[C@@H]3[C@H](C)C(=O)O[C@@H]3C[C@]12C. The fourth-order valence-electron chi connectivity index (χ4n) is 4.57. The summed E-state index contributed by atoms with van der Waals surface area (Å²) in [5, 5.41) is 9.42. The highest BCUT2D eigenvalue weighted by molar-refractivity contribution is 5.75. The zero-order valence-corrected chi connectivity index (χ0v) is 11.6. The molecular weight excluding hydrogens is 228 g/mol. The first-order valence-electron chi connectivity index (χ1n) is 7.32. The number of hydrogen-bond acceptors (Lipinski definition) is 3. The van der Waals surface area contributed by atoms with Gasteiger partial charge in [0.15, 0.2) is 0 Å². The molecule has 0 bridgehead atoms. The van der Waals surface area contributed by atoms with Crippen LogP contribution in [0.15, 0.2) is 0 Å². The second-order valence-corrected chi connectivity index (χ2v) is 7.01. The van der Waals surface area contributed by atoms with Gasteiger partial charge < -0.3 is 9.84 Å². The molecule has 18 heavy (non-hydrogen) atoms. The number of aliphatic hydroxyl groups is 1. The third-order valence-electron chi connectivity index (χ3n) is 5.89. The van der Waals surface area contributed by atoms with E-state index in [4.69, 9.17) is 4.74 Å². The molecule has 1 heterocycles. The van der Waals surface area contributed by atoms with E-state index in [-0.39, 0.29) is 24.1 Å². The fraction of sp³-hybridized carbons (Fsp3) is 0.933. The smallest absolute Gasteiger partial charge is 0.309 e. The molecule has 0 unspecified atom stereocenters. The minimum absolute atomic E-state index is 0.00966. The van der Waals surface area contributed by atoms with Crippen molar-refractivity contribution in [2.45, 2.75) is 58.7 Å². The highest BCUT2D eigenvalue weighted by atomic mass is 16.6. The molecule has 3 aliphatic rings. The summed E-state index contributed by atoms with van der Waals surface area (Å²) >= 11 is 0. The summed E-state index contributed by atoms with van der Waals surface area (Å²) < 4.78 is 5.53. The molecule has 1 N–H and O–H groups in total. The van der Waals surface area contributed by atoms with Gasteiger partial charge in [-0.2, -0.15) is 0 Å². The summed E-state index contributed by atoms with van der Waals surface area (Å²) in [4.78, 5) is 11.6. The summed E-state index contributed by atoms with van der Waals surface area (Å²) in [7, 11) is 0. The van der Waals surface area contributed by atoms with Crippen LogP contribution in [0.25, 0.3) is 0 Å². The average Bonchev–Trinajstić information content (AvgIpc) is 2.77. The Morgan fingerprint density at radius 1 is 1.56 bits per heavy atom. The minimum atomic E-state index is -0.187. The first-order chi connectivity index (χ1) is 8.43. The molecule has 3 fully saturated rings. The number of esters is 1. The van der Waals surface area contributed by atoms with E-state index >= 15 is 0 Å². The Kier molecular flexibility index (Phi) is 2.74. The Bertz CT molecular complexity index is 365. The molecule has 3 nitrogen and oxygen atoms in total. The van der Waals surface area contributed by atoms with Crippen molar-refractivity contribution in [3.05, 3.63) is 0 Å². The first-order valence-corrected chi connectivity index (χ1v) is 7.32. The predicted octanol–water partition coefficient (Wildman–Crippen LogP) is 2.37. The van der Waals surface area contributed by atoms with E-state index in [0.717, 1.165) is 37.5 Å². The maximum Gasteiger partial charge on any atom is 0.309 e. The van der Waals surface area contributed by atoms with Crippen molar-refractivity contribution in [1.29, 1.82) is 0 Å². The van der Waals surface area contributed by atoms with E-state index in [1.807, 2.05) is 13.8 Å². The van der Waals surface area contributed by atoms with E-state index in [1.165, 1.54) is 0 Å². The van der Waals surface area contributed by atoms with Gasteiger partial charge in [0, 0.05) is 5.92 Å². The van der Waals surface area contributed by atoms with Gasteiger partial charge >= 0.3 is 5.97 Å². The number of rotatable bonds is 3. The van der Waals surface area contributed by atoms with Crippen molar-refractivity contribution in [2.24, 2.45) is 29.1 Å². The van der Waals surface area contributed by atoms with Gasteiger partial charge in [-0.3, -0.25) is 4.79 Å².